The van der Waals surface area contributed by atoms with E-state index in [-0.39, 0.29) is 17.5 Å². The number of amides is 2. The maximum absolute atomic E-state index is 13.8. The third-order valence-corrected chi connectivity index (χ3v) is 4.84. The summed E-state index contributed by atoms with van der Waals surface area (Å²) < 4.78 is 19.1. The number of rotatable bonds is 4. The molecule has 26 heavy (non-hydrogen) atoms. The summed E-state index contributed by atoms with van der Waals surface area (Å²) in [5.74, 6) is -2.26. The Morgan fingerprint density at radius 2 is 2.04 bits per heavy atom. The minimum atomic E-state index is -0.953. The van der Waals surface area contributed by atoms with Gasteiger partial charge in [-0.25, -0.2) is 4.39 Å². The highest BCUT2D eigenvalue weighted by Crippen LogP contribution is 2.37. The van der Waals surface area contributed by atoms with Crippen LogP contribution in [-0.4, -0.2) is 37.4 Å². The number of methoxy groups -OCH3 is 1. The first-order chi connectivity index (χ1) is 12.4. The van der Waals surface area contributed by atoms with Crippen molar-refractivity contribution >= 4 is 29.1 Å². The average molecular weight is 377 g/mol. The van der Waals surface area contributed by atoms with Gasteiger partial charge in [-0.3, -0.25) is 9.59 Å². The lowest BCUT2D eigenvalue weighted by atomic mass is 9.87. The SMILES string of the molecule is COc1cc([C@H]2CN(C)C(=O)[C@@H]2C(=O)Nc2ccccc2F)ccc1Cl. The molecule has 1 aliphatic heterocycles. The van der Waals surface area contributed by atoms with Crippen LogP contribution in [0.4, 0.5) is 10.1 Å². The van der Waals surface area contributed by atoms with Crippen LogP contribution in [0.1, 0.15) is 11.5 Å². The number of benzene rings is 2. The third kappa shape index (κ3) is 3.37. The van der Waals surface area contributed by atoms with Crippen molar-refractivity contribution in [1.82, 2.24) is 4.90 Å². The van der Waals surface area contributed by atoms with E-state index in [1.165, 1.54) is 30.2 Å². The molecule has 0 saturated carbocycles. The molecule has 1 heterocycles. The predicted molar refractivity (Wildman–Crippen MR) is 96.9 cm³/mol. The summed E-state index contributed by atoms with van der Waals surface area (Å²) >= 11 is 6.06. The molecule has 0 spiro atoms. The number of carbonyl (C=O) groups excluding carboxylic acids is 2. The summed E-state index contributed by atoms with van der Waals surface area (Å²) in [5.41, 5.74) is 0.810. The molecule has 1 fully saturated rings. The maximum Gasteiger partial charge on any atom is 0.237 e. The molecule has 3 rings (SSSR count). The van der Waals surface area contributed by atoms with Gasteiger partial charge in [0.1, 0.15) is 17.5 Å². The molecule has 0 aromatic heterocycles. The van der Waals surface area contributed by atoms with Gasteiger partial charge >= 0.3 is 0 Å². The molecule has 2 aromatic carbocycles. The van der Waals surface area contributed by atoms with Gasteiger partial charge < -0.3 is 15.0 Å². The van der Waals surface area contributed by atoms with E-state index < -0.39 is 17.6 Å². The van der Waals surface area contributed by atoms with Crippen molar-refractivity contribution in [3.05, 3.63) is 58.9 Å². The lowest BCUT2D eigenvalue weighted by molar-refractivity contribution is -0.135. The highest BCUT2D eigenvalue weighted by molar-refractivity contribution is 6.32. The largest absolute Gasteiger partial charge is 0.495 e. The van der Waals surface area contributed by atoms with E-state index in [0.717, 1.165) is 5.56 Å². The molecular formula is C19H18ClFN2O3. The fraction of sp³-hybridized carbons (Fsp3) is 0.263. The van der Waals surface area contributed by atoms with Gasteiger partial charge in [-0.15, -0.1) is 0 Å². The van der Waals surface area contributed by atoms with Crippen LogP contribution in [0.5, 0.6) is 5.75 Å². The van der Waals surface area contributed by atoms with Crippen molar-refractivity contribution in [2.45, 2.75) is 5.92 Å². The zero-order chi connectivity index (χ0) is 18.8. The van der Waals surface area contributed by atoms with Gasteiger partial charge in [0, 0.05) is 19.5 Å². The number of hydrogen-bond acceptors (Lipinski definition) is 3. The van der Waals surface area contributed by atoms with E-state index >= 15 is 0 Å². The minimum Gasteiger partial charge on any atom is -0.495 e. The molecule has 1 saturated heterocycles. The molecule has 0 radical (unpaired) electrons. The molecule has 5 nitrogen and oxygen atoms in total. The molecule has 136 valence electrons. The molecule has 2 amide bonds. The van der Waals surface area contributed by atoms with Crippen molar-refractivity contribution < 1.29 is 18.7 Å². The Morgan fingerprint density at radius 3 is 2.73 bits per heavy atom. The predicted octanol–water partition coefficient (Wildman–Crippen LogP) is 3.30. The van der Waals surface area contributed by atoms with Crippen LogP contribution in [-0.2, 0) is 9.59 Å². The maximum atomic E-state index is 13.8. The third-order valence-electron chi connectivity index (χ3n) is 4.53. The summed E-state index contributed by atoms with van der Waals surface area (Å²) in [7, 11) is 3.14. The number of nitrogens with one attached hydrogen (secondary N) is 1. The Labute approximate surface area is 155 Å². The molecule has 7 heteroatoms. The molecule has 0 bridgehead atoms. The molecule has 0 unspecified atom stereocenters. The second-order valence-electron chi connectivity index (χ2n) is 6.17. The number of likely N-dealkylation sites (tertiary alicyclic amines) is 1. The van der Waals surface area contributed by atoms with E-state index in [1.54, 1.807) is 31.3 Å². The topological polar surface area (TPSA) is 58.6 Å². The second-order valence-corrected chi connectivity index (χ2v) is 6.57. The summed E-state index contributed by atoms with van der Waals surface area (Å²) in [5, 5.41) is 2.97. The first-order valence-electron chi connectivity index (χ1n) is 8.06. The second kappa shape index (κ2) is 7.33. The van der Waals surface area contributed by atoms with Gasteiger partial charge in [0.15, 0.2) is 0 Å². The quantitative estimate of drug-likeness (QED) is 0.833. The Balaban J connectivity index is 1.91. The normalized spacial score (nSPS) is 19.5. The van der Waals surface area contributed by atoms with Gasteiger partial charge in [0.25, 0.3) is 0 Å². The Hall–Kier alpha value is -2.60. The number of ether oxygens (including phenoxy) is 1. The molecule has 2 aromatic rings. The van der Waals surface area contributed by atoms with Crippen molar-refractivity contribution in [3.8, 4) is 5.75 Å². The number of para-hydroxylation sites is 1. The van der Waals surface area contributed by atoms with Crippen LogP contribution in [0.3, 0.4) is 0 Å². The Kier molecular flexibility index (Phi) is 5.13. The van der Waals surface area contributed by atoms with Gasteiger partial charge in [0.05, 0.1) is 17.8 Å². The number of halogens is 2. The monoisotopic (exact) mass is 376 g/mol. The molecular weight excluding hydrogens is 359 g/mol. The Bertz CT molecular complexity index is 858. The number of likely N-dealkylation sites (N-methyl/N-ethyl adjacent to an activating group) is 1. The summed E-state index contributed by atoms with van der Waals surface area (Å²) in [6, 6.07) is 11.0. The van der Waals surface area contributed by atoms with Crippen LogP contribution in [0.25, 0.3) is 0 Å². The lowest BCUT2D eigenvalue weighted by Crippen LogP contribution is -2.33. The number of anilines is 1. The van der Waals surface area contributed by atoms with E-state index in [4.69, 9.17) is 16.3 Å². The highest BCUT2D eigenvalue weighted by atomic mass is 35.5. The molecule has 2 atom stereocenters. The molecule has 0 aliphatic carbocycles. The zero-order valence-corrected chi connectivity index (χ0v) is 15.1. The first kappa shape index (κ1) is 18.2. The van der Waals surface area contributed by atoms with Crippen LogP contribution in [0, 0.1) is 11.7 Å². The number of nitrogens with zero attached hydrogens (tertiary/aromatic N) is 1. The standard InChI is InChI=1S/C19H18ClFN2O3/c1-23-10-12(11-7-8-13(20)16(9-11)26-2)17(19(23)25)18(24)22-15-6-4-3-5-14(15)21/h3-9,12,17H,10H2,1-2H3,(H,22,24)/t12-,17+/m1/s1. The Morgan fingerprint density at radius 1 is 1.31 bits per heavy atom. The van der Waals surface area contributed by atoms with Crippen LogP contribution in [0.2, 0.25) is 5.02 Å². The van der Waals surface area contributed by atoms with E-state index in [9.17, 15) is 14.0 Å². The van der Waals surface area contributed by atoms with Crippen molar-refractivity contribution in [2.75, 3.05) is 26.0 Å². The van der Waals surface area contributed by atoms with E-state index in [2.05, 4.69) is 5.32 Å². The smallest absolute Gasteiger partial charge is 0.237 e. The molecule has 1 aliphatic rings. The van der Waals surface area contributed by atoms with Crippen molar-refractivity contribution in [1.29, 1.82) is 0 Å². The zero-order valence-electron chi connectivity index (χ0n) is 14.3. The van der Waals surface area contributed by atoms with Gasteiger partial charge in [0.2, 0.25) is 11.8 Å². The first-order valence-corrected chi connectivity index (χ1v) is 8.44. The van der Waals surface area contributed by atoms with Crippen LogP contribution >= 0.6 is 11.6 Å². The highest BCUT2D eigenvalue weighted by Gasteiger charge is 2.44. The van der Waals surface area contributed by atoms with Gasteiger partial charge in [-0.1, -0.05) is 29.8 Å². The van der Waals surface area contributed by atoms with E-state index in [0.29, 0.717) is 17.3 Å². The number of hydrogen-bond donors (Lipinski definition) is 1. The minimum absolute atomic E-state index is 0.0484. The fourth-order valence-electron chi connectivity index (χ4n) is 3.17. The summed E-state index contributed by atoms with van der Waals surface area (Å²) in [6.07, 6.45) is 0. The van der Waals surface area contributed by atoms with E-state index in [1.807, 2.05) is 0 Å². The fourth-order valence-corrected chi connectivity index (χ4v) is 3.37. The van der Waals surface area contributed by atoms with Crippen molar-refractivity contribution in [2.24, 2.45) is 5.92 Å². The summed E-state index contributed by atoms with van der Waals surface area (Å²) in [6.45, 7) is 0.374. The van der Waals surface area contributed by atoms with Crippen molar-refractivity contribution in [3.63, 3.8) is 0 Å². The average Bonchev–Trinajstić information content (AvgIpc) is 2.92. The van der Waals surface area contributed by atoms with Crippen LogP contribution < -0.4 is 10.1 Å². The summed E-state index contributed by atoms with van der Waals surface area (Å²) in [4.78, 5) is 26.8. The number of carbonyl (C=O) groups is 2. The lowest BCUT2D eigenvalue weighted by Gasteiger charge is -2.18. The van der Waals surface area contributed by atoms with Gasteiger partial charge in [-0.05, 0) is 29.8 Å². The molecule has 1 N–H and O–H groups in total. The van der Waals surface area contributed by atoms with Crippen LogP contribution in [0.15, 0.2) is 42.5 Å². The van der Waals surface area contributed by atoms with Gasteiger partial charge in [-0.2, -0.15) is 0 Å².